The average Bonchev–Trinajstić information content (AvgIpc) is 3.01. The van der Waals surface area contributed by atoms with Crippen LogP contribution < -0.4 is 4.90 Å². The molecule has 4 rings (SSSR count). The van der Waals surface area contributed by atoms with Crippen molar-refractivity contribution in [2.75, 3.05) is 18.1 Å². The highest BCUT2D eigenvalue weighted by atomic mass is 32.1. The lowest BCUT2D eigenvalue weighted by Crippen LogP contribution is -2.27. The van der Waals surface area contributed by atoms with E-state index in [1.54, 1.807) is 6.33 Å². The molecule has 5 heteroatoms. The molecule has 0 fully saturated rings. The summed E-state index contributed by atoms with van der Waals surface area (Å²) < 4.78 is 0. The molecule has 124 valence electrons. The van der Waals surface area contributed by atoms with E-state index < -0.39 is 0 Å². The van der Waals surface area contributed by atoms with Gasteiger partial charge in [-0.3, -0.25) is 0 Å². The molecule has 4 nitrogen and oxygen atoms in total. The van der Waals surface area contributed by atoms with Crippen molar-refractivity contribution in [3.63, 3.8) is 0 Å². The van der Waals surface area contributed by atoms with Crippen LogP contribution in [0.1, 0.15) is 28.8 Å². The van der Waals surface area contributed by atoms with E-state index in [9.17, 15) is 5.11 Å². The summed E-state index contributed by atoms with van der Waals surface area (Å²) >= 11 is 1.82. The fourth-order valence-corrected chi connectivity index (χ4v) is 4.72. The number of rotatable bonds is 5. The van der Waals surface area contributed by atoms with Gasteiger partial charge >= 0.3 is 0 Å². The topological polar surface area (TPSA) is 49.2 Å². The molecule has 0 atom stereocenters. The number of anilines is 1. The quantitative estimate of drug-likeness (QED) is 0.772. The predicted molar refractivity (Wildman–Crippen MR) is 98.6 cm³/mol. The molecule has 1 N–H and O–H groups in total. The number of aliphatic hydroxyl groups is 1. The number of nitrogens with zero attached hydrogens (tertiary/aromatic N) is 3. The second-order valence-corrected chi connectivity index (χ2v) is 7.30. The number of aliphatic hydroxyl groups excluding tert-OH is 1. The van der Waals surface area contributed by atoms with Crippen LogP contribution >= 0.6 is 11.3 Å². The largest absolute Gasteiger partial charge is 0.395 e. The Bertz CT molecular complexity index is 831. The summed E-state index contributed by atoms with van der Waals surface area (Å²) in [6.45, 7) is 1.44. The lowest BCUT2D eigenvalue weighted by Gasteiger charge is -2.24. The van der Waals surface area contributed by atoms with Crippen molar-refractivity contribution in [3.8, 4) is 0 Å². The molecular weight excluding hydrogens is 318 g/mol. The van der Waals surface area contributed by atoms with Crippen LogP contribution in [-0.4, -0.2) is 28.2 Å². The summed E-state index contributed by atoms with van der Waals surface area (Å²) in [5, 5.41) is 10.8. The standard InChI is InChI=1S/C19H21N3OS/c23-11-10-22(12-14-6-2-1-3-7-14)18-17-15-8-4-5-9-16(15)24-19(17)21-13-20-18/h1-3,6-7,13,23H,4-5,8-12H2. The molecule has 2 heterocycles. The predicted octanol–water partition coefficient (Wildman–Crippen LogP) is 3.57. The van der Waals surface area contributed by atoms with E-state index in [1.807, 2.05) is 17.4 Å². The lowest BCUT2D eigenvalue weighted by atomic mass is 9.97. The zero-order valence-corrected chi connectivity index (χ0v) is 14.4. The van der Waals surface area contributed by atoms with Crippen LogP contribution in [-0.2, 0) is 19.4 Å². The molecule has 0 aliphatic heterocycles. The molecule has 0 radical (unpaired) electrons. The van der Waals surface area contributed by atoms with E-state index in [-0.39, 0.29) is 6.61 Å². The molecule has 0 unspecified atom stereocenters. The van der Waals surface area contributed by atoms with Gasteiger partial charge in [0.2, 0.25) is 0 Å². The highest BCUT2D eigenvalue weighted by Gasteiger charge is 2.22. The molecule has 0 spiro atoms. The summed E-state index contributed by atoms with van der Waals surface area (Å²) in [5.41, 5.74) is 2.66. The molecule has 0 bridgehead atoms. The maximum absolute atomic E-state index is 9.55. The summed E-state index contributed by atoms with van der Waals surface area (Å²) in [4.78, 5) is 13.9. The molecule has 3 aromatic rings. The van der Waals surface area contributed by atoms with Crippen molar-refractivity contribution >= 4 is 27.4 Å². The number of fused-ring (bicyclic) bond motifs is 3. The molecule has 1 aromatic carbocycles. The lowest BCUT2D eigenvalue weighted by molar-refractivity contribution is 0.301. The molecule has 0 saturated carbocycles. The van der Waals surface area contributed by atoms with Gasteiger partial charge < -0.3 is 10.0 Å². The summed E-state index contributed by atoms with van der Waals surface area (Å²) in [6.07, 6.45) is 6.45. The van der Waals surface area contributed by atoms with Gasteiger partial charge in [0, 0.05) is 18.0 Å². The van der Waals surface area contributed by atoms with Crippen molar-refractivity contribution in [2.45, 2.75) is 32.2 Å². The number of thiophene rings is 1. The van der Waals surface area contributed by atoms with Crippen LogP contribution in [0.5, 0.6) is 0 Å². The minimum Gasteiger partial charge on any atom is -0.395 e. The third-order valence-corrected chi connectivity index (χ3v) is 5.82. The van der Waals surface area contributed by atoms with Gasteiger partial charge in [-0.1, -0.05) is 30.3 Å². The molecular formula is C19H21N3OS. The zero-order chi connectivity index (χ0) is 16.4. The van der Waals surface area contributed by atoms with Crippen LogP contribution in [0.2, 0.25) is 0 Å². The molecule has 0 saturated heterocycles. The highest BCUT2D eigenvalue weighted by molar-refractivity contribution is 7.19. The minimum absolute atomic E-state index is 0.116. The Hall–Kier alpha value is -1.98. The Morgan fingerprint density at radius 3 is 2.75 bits per heavy atom. The van der Waals surface area contributed by atoms with Crippen molar-refractivity contribution in [1.82, 2.24) is 9.97 Å². The van der Waals surface area contributed by atoms with Crippen molar-refractivity contribution in [2.24, 2.45) is 0 Å². The maximum Gasteiger partial charge on any atom is 0.141 e. The third-order valence-electron chi connectivity index (χ3n) is 4.62. The number of aryl methyl sites for hydroxylation is 2. The van der Waals surface area contributed by atoms with Crippen molar-refractivity contribution < 1.29 is 5.11 Å². The number of hydrogen-bond donors (Lipinski definition) is 1. The molecule has 24 heavy (non-hydrogen) atoms. The second kappa shape index (κ2) is 6.87. The first-order valence-electron chi connectivity index (χ1n) is 8.52. The Balaban J connectivity index is 1.78. The first-order chi connectivity index (χ1) is 11.9. The number of hydrogen-bond acceptors (Lipinski definition) is 5. The Labute approximate surface area is 145 Å². The van der Waals surface area contributed by atoms with E-state index in [4.69, 9.17) is 0 Å². The van der Waals surface area contributed by atoms with Crippen molar-refractivity contribution in [3.05, 3.63) is 52.7 Å². The highest BCUT2D eigenvalue weighted by Crippen LogP contribution is 2.39. The van der Waals surface area contributed by atoms with Crippen LogP contribution in [0.25, 0.3) is 10.2 Å². The van der Waals surface area contributed by atoms with Gasteiger partial charge in [-0.25, -0.2) is 9.97 Å². The second-order valence-electron chi connectivity index (χ2n) is 6.22. The molecule has 1 aliphatic carbocycles. The Kier molecular flexibility index (Phi) is 4.45. The van der Waals surface area contributed by atoms with Gasteiger partial charge in [0.15, 0.2) is 0 Å². The van der Waals surface area contributed by atoms with Gasteiger partial charge in [-0.15, -0.1) is 11.3 Å². The minimum atomic E-state index is 0.116. The fraction of sp³-hybridized carbons (Fsp3) is 0.368. The van der Waals surface area contributed by atoms with E-state index in [0.29, 0.717) is 6.54 Å². The Morgan fingerprint density at radius 1 is 1.08 bits per heavy atom. The summed E-state index contributed by atoms with van der Waals surface area (Å²) in [7, 11) is 0. The van der Waals surface area contributed by atoms with Crippen LogP contribution in [0.3, 0.4) is 0 Å². The molecule has 2 aromatic heterocycles. The van der Waals surface area contributed by atoms with Crippen molar-refractivity contribution in [1.29, 1.82) is 0 Å². The number of aromatic nitrogens is 2. The maximum atomic E-state index is 9.55. The number of benzene rings is 1. The molecule has 0 amide bonds. The van der Waals surface area contributed by atoms with Crippen LogP contribution in [0, 0.1) is 0 Å². The first-order valence-corrected chi connectivity index (χ1v) is 9.33. The van der Waals surface area contributed by atoms with E-state index in [2.05, 4.69) is 39.1 Å². The third kappa shape index (κ3) is 2.89. The monoisotopic (exact) mass is 339 g/mol. The van der Waals surface area contributed by atoms with Gasteiger partial charge in [0.05, 0.1) is 12.0 Å². The van der Waals surface area contributed by atoms with Gasteiger partial charge in [-0.2, -0.15) is 0 Å². The van der Waals surface area contributed by atoms with E-state index in [0.717, 1.165) is 30.0 Å². The smallest absolute Gasteiger partial charge is 0.141 e. The fourth-order valence-electron chi connectivity index (χ4n) is 3.50. The van der Waals surface area contributed by atoms with Crippen LogP contribution in [0.4, 0.5) is 5.82 Å². The van der Waals surface area contributed by atoms with Gasteiger partial charge in [-0.05, 0) is 36.8 Å². The van der Waals surface area contributed by atoms with E-state index >= 15 is 0 Å². The van der Waals surface area contributed by atoms with Crippen LogP contribution in [0.15, 0.2) is 36.7 Å². The first kappa shape index (κ1) is 15.5. The summed E-state index contributed by atoms with van der Waals surface area (Å²) in [6, 6.07) is 10.4. The van der Waals surface area contributed by atoms with Gasteiger partial charge in [0.1, 0.15) is 17.0 Å². The molecule has 1 aliphatic rings. The normalized spacial score (nSPS) is 13.9. The zero-order valence-electron chi connectivity index (χ0n) is 13.6. The SMILES string of the molecule is OCCN(Cc1ccccc1)c1ncnc2sc3c(c12)CCCC3. The van der Waals surface area contributed by atoms with Gasteiger partial charge in [0.25, 0.3) is 0 Å². The Morgan fingerprint density at radius 2 is 1.92 bits per heavy atom. The van der Waals surface area contributed by atoms with E-state index in [1.165, 1.54) is 34.2 Å². The average molecular weight is 339 g/mol. The summed E-state index contributed by atoms with van der Waals surface area (Å²) in [5.74, 6) is 0.970.